The SMILES string of the molecule is CNc1c(-c2ccccc2)n[nH]c1C. The molecule has 0 aliphatic rings. The van der Waals surface area contributed by atoms with E-state index in [-0.39, 0.29) is 0 Å². The Morgan fingerprint density at radius 3 is 2.57 bits per heavy atom. The summed E-state index contributed by atoms with van der Waals surface area (Å²) in [6.07, 6.45) is 0. The van der Waals surface area contributed by atoms with Crippen molar-refractivity contribution in [3.05, 3.63) is 36.0 Å². The van der Waals surface area contributed by atoms with Crippen LogP contribution in [-0.4, -0.2) is 17.2 Å². The predicted molar refractivity (Wildman–Crippen MR) is 58.3 cm³/mol. The molecule has 1 aromatic carbocycles. The maximum atomic E-state index is 4.27. The Morgan fingerprint density at radius 1 is 1.21 bits per heavy atom. The van der Waals surface area contributed by atoms with Gasteiger partial charge in [-0.3, -0.25) is 5.10 Å². The van der Waals surface area contributed by atoms with E-state index in [9.17, 15) is 0 Å². The zero-order chi connectivity index (χ0) is 9.97. The van der Waals surface area contributed by atoms with Crippen molar-refractivity contribution in [3.8, 4) is 11.3 Å². The number of aromatic nitrogens is 2. The fourth-order valence-electron chi connectivity index (χ4n) is 1.54. The molecule has 0 saturated heterocycles. The highest BCUT2D eigenvalue weighted by Gasteiger charge is 2.09. The number of hydrogen-bond donors (Lipinski definition) is 2. The van der Waals surface area contributed by atoms with Gasteiger partial charge in [0, 0.05) is 12.6 Å². The first-order valence-corrected chi connectivity index (χ1v) is 4.61. The van der Waals surface area contributed by atoms with E-state index in [0.29, 0.717) is 0 Å². The van der Waals surface area contributed by atoms with Crippen LogP contribution >= 0.6 is 0 Å². The molecule has 0 saturated carbocycles. The zero-order valence-corrected chi connectivity index (χ0v) is 8.33. The van der Waals surface area contributed by atoms with Crippen LogP contribution < -0.4 is 5.32 Å². The zero-order valence-electron chi connectivity index (χ0n) is 8.33. The number of aromatic amines is 1. The summed E-state index contributed by atoms with van der Waals surface area (Å²) in [4.78, 5) is 0. The number of anilines is 1. The van der Waals surface area contributed by atoms with E-state index in [1.165, 1.54) is 0 Å². The lowest BCUT2D eigenvalue weighted by Gasteiger charge is -2.01. The third kappa shape index (κ3) is 1.37. The van der Waals surface area contributed by atoms with Crippen LogP contribution in [0.5, 0.6) is 0 Å². The highest BCUT2D eigenvalue weighted by molar-refractivity contribution is 5.75. The number of aryl methyl sites for hydroxylation is 1. The summed E-state index contributed by atoms with van der Waals surface area (Å²) >= 11 is 0. The summed E-state index contributed by atoms with van der Waals surface area (Å²) in [5.41, 5.74) is 4.23. The maximum Gasteiger partial charge on any atom is 0.115 e. The first-order valence-electron chi connectivity index (χ1n) is 4.61. The lowest BCUT2D eigenvalue weighted by Crippen LogP contribution is -1.90. The Balaban J connectivity index is 2.52. The molecular weight excluding hydrogens is 174 g/mol. The molecule has 0 radical (unpaired) electrons. The Hall–Kier alpha value is -1.77. The number of rotatable bonds is 2. The standard InChI is InChI=1S/C11H13N3/c1-8-10(12-2)11(14-13-8)9-6-4-3-5-7-9/h3-7,12H,1-2H3,(H,13,14). The molecule has 2 N–H and O–H groups in total. The first kappa shape index (κ1) is 8.81. The van der Waals surface area contributed by atoms with Crippen LogP contribution in [0.3, 0.4) is 0 Å². The monoisotopic (exact) mass is 187 g/mol. The molecule has 0 unspecified atom stereocenters. The van der Waals surface area contributed by atoms with Crippen molar-refractivity contribution < 1.29 is 0 Å². The van der Waals surface area contributed by atoms with Gasteiger partial charge in [-0.15, -0.1) is 0 Å². The molecule has 3 nitrogen and oxygen atoms in total. The van der Waals surface area contributed by atoms with Gasteiger partial charge in [0.05, 0.1) is 11.4 Å². The van der Waals surface area contributed by atoms with Gasteiger partial charge in [-0.2, -0.15) is 5.10 Å². The number of nitrogens with one attached hydrogen (secondary N) is 2. The van der Waals surface area contributed by atoms with E-state index in [2.05, 4.69) is 27.6 Å². The van der Waals surface area contributed by atoms with Crippen LogP contribution in [-0.2, 0) is 0 Å². The third-order valence-electron chi connectivity index (χ3n) is 2.24. The van der Waals surface area contributed by atoms with Gasteiger partial charge >= 0.3 is 0 Å². The second kappa shape index (κ2) is 3.54. The van der Waals surface area contributed by atoms with Crippen molar-refractivity contribution in [1.82, 2.24) is 10.2 Å². The quantitative estimate of drug-likeness (QED) is 0.758. The van der Waals surface area contributed by atoms with E-state index in [0.717, 1.165) is 22.6 Å². The fourth-order valence-corrected chi connectivity index (χ4v) is 1.54. The van der Waals surface area contributed by atoms with Crippen LogP contribution in [0.15, 0.2) is 30.3 Å². The van der Waals surface area contributed by atoms with Gasteiger partial charge in [0.15, 0.2) is 0 Å². The summed E-state index contributed by atoms with van der Waals surface area (Å²) in [6, 6.07) is 10.1. The molecule has 0 aliphatic carbocycles. The topological polar surface area (TPSA) is 40.7 Å². The minimum atomic E-state index is 0.977. The van der Waals surface area contributed by atoms with Gasteiger partial charge < -0.3 is 5.32 Å². The molecule has 0 bridgehead atoms. The molecule has 1 aromatic heterocycles. The summed E-state index contributed by atoms with van der Waals surface area (Å²) in [6.45, 7) is 2.01. The largest absolute Gasteiger partial charge is 0.385 e. The average Bonchev–Trinajstić information content (AvgIpc) is 2.61. The van der Waals surface area contributed by atoms with E-state index in [4.69, 9.17) is 0 Å². The second-order valence-corrected chi connectivity index (χ2v) is 3.19. The Kier molecular flexibility index (Phi) is 2.23. The Morgan fingerprint density at radius 2 is 1.93 bits per heavy atom. The molecule has 0 spiro atoms. The van der Waals surface area contributed by atoms with E-state index >= 15 is 0 Å². The van der Waals surface area contributed by atoms with Crippen molar-refractivity contribution in [2.24, 2.45) is 0 Å². The number of nitrogens with zero attached hydrogens (tertiary/aromatic N) is 1. The van der Waals surface area contributed by atoms with E-state index in [1.807, 2.05) is 32.2 Å². The van der Waals surface area contributed by atoms with Gasteiger partial charge in [0.25, 0.3) is 0 Å². The summed E-state index contributed by atoms with van der Waals surface area (Å²) in [7, 11) is 1.91. The molecule has 0 amide bonds. The average molecular weight is 187 g/mol. The van der Waals surface area contributed by atoms with Crippen molar-refractivity contribution in [2.75, 3.05) is 12.4 Å². The molecule has 1 heterocycles. The summed E-state index contributed by atoms with van der Waals surface area (Å²) in [5.74, 6) is 0. The normalized spacial score (nSPS) is 10.1. The third-order valence-corrected chi connectivity index (χ3v) is 2.24. The van der Waals surface area contributed by atoms with Crippen LogP contribution in [0.25, 0.3) is 11.3 Å². The van der Waals surface area contributed by atoms with E-state index in [1.54, 1.807) is 0 Å². The van der Waals surface area contributed by atoms with Crippen molar-refractivity contribution in [3.63, 3.8) is 0 Å². The van der Waals surface area contributed by atoms with Crippen molar-refractivity contribution in [2.45, 2.75) is 6.92 Å². The van der Waals surface area contributed by atoms with Crippen molar-refractivity contribution >= 4 is 5.69 Å². The van der Waals surface area contributed by atoms with Gasteiger partial charge in [-0.1, -0.05) is 30.3 Å². The molecule has 72 valence electrons. The lowest BCUT2D eigenvalue weighted by molar-refractivity contribution is 1.05. The van der Waals surface area contributed by atoms with Gasteiger partial charge in [0.1, 0.15) is 5.69 Å². The molecule has 0 aliphatic heterocycles. The molecule has 0 atom stereocenters. The minimum Gasteiger partial charge on any atom is -0.385 e. The van der Waals surface area contributed by atoms with E-state index < -0.39 is 0 Å². The number of H-pyrrole nitrogens is 1. The van der Waals surface area contributed by atoms with Gasteiger partial charge in [-0.05, 0) is 6.92 Å². The van der Waals surface area contributed by atoms with Crippen LogP contribution in [0.4, 0.5) is 5.69 Å². The fraction of sp³-hybridized carbons (Fsp3) is 0.182. The number of hydrogen-bond acceptors (Lipinski definition) is 2. The summed E-state index contributed by atoms with van der Waals surface area (Å²) < 4.78 is 0. The minimum absolute atomic E-state index is 0.977. The molecule has 0 fully saturated rings. The summed E-state index contributed by atoms with van der Waals surface area (Å²) in [5, 5.41) is 10.4. The highest BCUT2D eigenvalue weighted by atomic mass is 15.1. The number of benzene rings is 1. The van der Waals surface area contributed by atoms with Gasteiger partial charge in [-0.25, -0.2) is 0 Å². The molecular formula is C11H13N3. The molecule has 2 rings (SSSR count). The van der Waals surface area contributed by atoms with Crippen LogP contribution in [0.2, 0.25) is 0 Å². The van der Waals surface area contributed by atoms with Crippen molar-refractivity contribution in [1.29, 1.82) is 0 Å². The van der Waals surface area contributed by atoms with Crippen LogP contribution in [0, 0.1) is 6.92 Å². The maximum absolute atomic E-state index is 4.27. The smallest absolute Gasteiger partial charge is 0.115 e. The molecule has 14 heavy (non-hydrogen) atoms. The molecule has 2 aromatic rings. The Labute approximate surface area is 83.2 Å². The Bertz CT molecular complexity index is 417. The van der Waals surface area contributed by atoms with Gasteiger partial charge in [0.2, 0.25) is 0 Å². The molecule has 3 heteroatoms. The lowest BCUT2D eigenvalue weighted by atomic mass is 10.1. The van der Waals surface area contributed by atoms with Crippen LogP contribution in [0.1, 0.15) is 5.69 Å². The first-order chi connectivity index (χ1) is 6.83. The predicted octanol–water partition coefficient (Wildman–Crippen LogP) is 2.43. The second-order valence-electron chi connectivity index (χ2n) is 3.19. The highest BCUT2D eigenvalue weighted by Crippen LogP contribution is 2.27.